The Kier molecular flexibility index (Phi) is 6.53. The summed E-state index contributed by atoms with van der Waals surface area (Å²) < 4.78 is 1.84. The lowest BCUT2D eigenvalue weighted by Gasteiger charge is -2.20. The number of amides is 1. The first-order chi connectivity index (χ1) is 14.6. The maximum atomic E-state index is 13.2. The second kappa shape index (κ2) is 9.47. The van der Waals surface area contributed by atoms with E-state index in [-0.39, 0.29) is 22.8 Å². The highest BCUT2D eigenvalue weighted by Gasteiger charge is 2.25. The third kappa shape index (κ3) is 4.59. The summed E-state index contributed by atoms with van der Waals surface area (Å²) in [5.41, 5.74) is 1.90. The minimum absolute atomic E-state index is 0.00619. The summed E-state index contributed by atoms with van der Waals surface area (Å²) in [4.78, 5) is 30.7. The Morgan fingerprint density at radius 2 is 1.83 bits per heavy atom. The zero-order valence-corrected chi connectivity index (χ0v) is 18.0. The summed E-state index contributed by atoms with van der Waals surface area (Å²) in [5, 5.41) is 3.98. The number of hydrogen-bond acceptors (Lipinski definition) is 4. The predicted octanol–water partition coefficient (Wildman–Crippen LogP) is 4.35. The van der Waals surface area contributed by atoms with Gasteiger partial charge in [0, 0.05) is 12.6 Å². The molecule has 156 valence electrons. The molecule has 1 fully saturated rings. The molecule has 0 unspecified atom stereocenters. The summed E-state index contributed by atoms with van der Waals surface area (Å²) in [5.74, 6) is -0.0312. The van der Waals surface area contributed by atoms with Crippen LogP contribution in [-0.4, -0.2) is 27.3 Å². The number of hydrogen-bond donors (Lipinski definition) is 1. The van der Waals surface area contributed by atoms with E-state index >= 15 is 0 Å². The maximum Gasteiger partial charge on any atom is 0.262 e. The van der Waals surface area contributed by atoms with Gasteiger partial charge in [0.25, 0.3) is 5.56 Å². The molecule has 2 aromatic carbocycles. The number of aromatic nitrogens is 2. The third-order valence-corrected chi connectivity index (χ3v) is 6.74. The van der Waals surface area contributed by atoms with Gasteiger partial charge in [0.05, 0.1) is 16.2 Å². The molecule has 0 bridgehead atoms. The van der Waals surface area contributed by atoms with Crippen LogP contribution in [-0.2, 0) is 11.2 Å². The van der Waals surface area contributed by atoms with Crippen LogP contribution >= 0.6 is 11.8 Å². The monoisotopic (exact) mass is 421 g/mol. The van der Waals surface area contributed by atoms with Gasteiger partial charge in [0.15, 0.2) is 5.16 Å². The molecule has 5 nitrogen and oxygen atoms in total. The van der Waals surface area contributed by atoms with E-state index in [0.29, 0.717) is 22.6 Å². The van der Waals surface area contributed by atoms with Crippen LogP contribution in [0.15, 0.2) is 64.5 Å². The van der Waals surface area contributed by atoms with E-state index in [1.165, 1.54) is 17.3 Å². The molecule has 30 heavy (non-hydrogen) atoms. The van der Waals surface area contributed by atoms with Crippen molar-refractivity contribution in [1.29, 1.82) is 0 Å². The molecule has 4 rings (SSSR count). The van der Waals surface area contributed by atoms with Gasteiger partial charge >= 0.3 is 0 Å². The average molecular weight is 422 g/mol. The van der Waals surface area contributed by atoms with Crippen LogP contribution in [0.25, 0.3) is 10.9 Å². The smallest absolute Gasteiger partial charge is 0.262 e. The Bertz CT molecular complexity index is 1070. The summed E-state index contributed by atoms with van der Waals surface area (Å²) in [6.07, 6.45) is 5.04. The number of rotatable bonds is 7. The third-order valence-electron chi connectivity index (χ3n) is 5.67. The van der Waals surface area contributed by atoms with E-state index in [2.05, 4.69) is 17.4 Å². The van der Waals surface area contributed by atoms with Gasteiger partial charge in [-0.2, -0.15) is 0 Å². The van der Waals surface area contributed by atoms with Gasteiger partial charge in [0.1, 0.15) is 0 Å². The van der Waals surface area contributed by atoms with E-state index < -0.39 is 0 Å². The van der Waals surface area contributed by atoms with Gasteiger partial charge in [0.2, 0.25) is 5.91 Å². The number of nitrogens with zero attached hydrogens (tertiary/aromatic N) is 2. The molecule has 1 aliphatic carbocycles. The number of fused-ring (bicyclic) bond motifs is 1. The minimum Gasteiger partial charge on any atom is -0.355 e. The van der Waals surface area contributed by atoms with Crippen molar-refractivity contribution in [1.82, 2.24) is 14.9 Å². The second-order valence-electron chi connectivity index (χ2n) is 7.81. The molecule has 1 aliphatic rings. The molecule has 0 spiro atoms. The molecule has 0 radical (unpaired) electrons. The van der Waals surface area contributed by atoms with Crippen molar-refractivity contribution >= 4 is 28.6 Å². The molecular formula is C24H27N3O2S. The van der Waals surface area contributed by atoms with Crippen molar-refractivity contribution in [3.63, 3.8) is 0 Å². The molecule has 1 saturated carbocycles. The summed E-state index contributed by atoms with van der Waals surface area (Å²) in [7, 11) is 0. The zero-order chi connectivity index (χ0) is 20.9. The highest BCUT2D eigenvalue weighted by Crippen LogP contribution is 2.33. The quantitative estimate of drug-likeness (QED) is 0.455. The van der Waals surface area contributed by atoms with E-state index in [1.54, 1.807) is 0 Å². The number of nitrogens with one attached hydrogen (secondary N) is 1. The maximum absolute atomic E-state index is 13.2. The average Bonchev–Trinajstić information content (AvgIpc) is 3.29. The van der Waals surface area contributed by atoms with E-state index in [4.69, 9.17) is 4.98 Å². The van der Waals surface area contributed by atoms with Crippen LogP contribution in [0, 0.1) is 0 Å². The highest BCUT2D eigenvalue weighted by atomic mass is 32.2. The molecule has 3 aromatic rings. The highest BCUT2D eigenvalue weighted by molar-refractivity contribution is 8.00. The van der Waals surface area contributed by atoms with Crippen LogP contribution in [0.4, 0.5) is 0 Å². The van der Waals surface area contributed by atoms with Gasteiger partial charge in [-0.25, -0.2) is 4.98 Å². The number of carbonyl (C=O) groups is 1. The SMILES string of the molecule is C[C@H](Sc1nc2ccccc2c(=O)n1C1CCCC1)C(=O)NCCc1ccccc1. The van der Waals surface area contributed by atoms with Crippen molar-refractivity contribution < 1.29 is 4.79 Å². The van der Waals surface area contributed by atoms with E-state index in [9.17, 15) is 9.59 Å². The first kappa shape index (κ1) is 20.7. The summed E-state index contributed by atoms with van der Waals surface area (Å²) >= 11 is 1.38. The van der Waals surface area contributed by atoms with Crippen molar-refractivity contribution in [3.8, 4) is 0 Å². The van der Waals surface area contributed by atoms with Crippen molar-refractivity contribution in [2.24, 2.45) is 0 Å². The normalized spacial score (nSPS) is 15.4. The number of thioether (sulfide) groups is 1. The summed E-state index contributed by atoms with van der Waals surface area (Å²) in [6.45, 7) is 2.47. The molecule has 0 saturated heterocycles. The Hall–Kier alpha value is -2.60. The largest absolute Gasteiger partial charge is 0.355 e. The molecule has 6 heteroatoms. The fourth-order valence-electron chi connectivity index (χ4n) is 4.02. The van der Waals surface area contributed by atoms with Crippen LogP contribution in [0.3, 0.4) is 0 Å². The van der Waals surface area contributed by atoms with Crippen molar-refractivity contribution in [2.45, 2.75) is 55.5 Å². The molecule has 0 aliphatic heterocycles. The van der Waals surface area contributed by atoms with Gasteiger partial charge < -0.3 is 5.32 Å². The lowest BCUT2D eigenvalue weighted by Crippen LogP contribution is -2.33. The first-order valence-electron chi connectivity index (χ1n) is 10.6. The molecular weight excluding hydrogens is 394 g/mol. The molecule has 1 heterocycles. The Labute approximate surface area is 180 Å². The van der Waals surface area contributed by atoms with Gasteiger partial charge in [-0.05, 0) is 43.9 Å². The van der Waals surface area contributed by atoms with Gasteiger partial charge in [-0.15, -0.1) is 0 Å². The number of benzene rings is 2. The molecule has 1 amide bonds. The lowest BCUT2D eigenvalue weighted by atomic mass is 10.1. The molecule has 1 atom stereocenters. The predicted molar refractivity (Wildman–Crippen MR) is 122 cm³/mol. The first-order valence-corrected chi connectivity index (χ1v) is 11.5. The standard InChI is InChI=1S/C24H27N3O2S/c1-17(22(28)25-16-15-18-9-3-2-4-10-18)30-24-26-21-14-8-7-13-20(21)23(29)27(24)19-11-5-6-12-19/h2-4,7-10,13-14,17,19H,5-6,11-12,15-16H2,1H3,(H,25,28)/t17-/m0/s1. The Morgan fingerprint density at radius 3 is 2.60 bits per heavy atom. The lowest BCUT2D eigenvalue weighted by molar-refractivity contribution is -0.120. The van der Waals surface area contributed by atoms with Crippen LogP contribution in [0.1, 0.15) is 44.2 Å². The summed E-state index contributed by atoms with van der Waals surface area (Å²) in [6, 6.07) is 17.8. The topological polar surface area (TPSA) is 64.0 Å². The van der Waals surface area contributed by atoms with Crippen LogP contribution in [0.2, 0.25) is 0 Å². The Morgan fingerprint density at radius 1 is 1.13 bits per heavy atom. The molecule has 1 N–H and O–H groups in total. The van der Waals surface area contributed by atoms with E-state index in [1.807, 2.05) is 54.0 Å². The second-order valence-corrected chi connectivity index (χ2v) is 9.12. The Balaban J connectivity index is 1.51. The fourth-order valence-corrected chi connectivity index (χ4v) is 5.03. The van der Waals surface area contributed by atoms with E-state index in [0.717, 1.165) is 32.1 Å². The minimum atomic E-state index is -0.332. The van der Waals surface area contributed by atoms with Crippen molar-refractivity contribution in [2.75, 3.05) is 6.54 Å². The van der Waals surface area contributed by atoms with Crippen molar-refractivity contribution in [3.05, 3.63) is 70.5 Å². The van der Waals surface area contributed by atoms with Crippen LogP contribution < -0.4 is 10.9 Å². The zero-order valence-electron chi connectivity index (χ0n) is 17.2. The number of carbonyl (C=O) groups excluding carboxylic acids is 1. The fraction of sp³-hybridized carbons (Fsp3) is 0.375. The van der Waals surface area contributed by atoms with Gasteiger partial charge in [-0.1, -0.05) is 67.1 Å². The van der Waals surface area contributed by atoms with Crippen LogP contribution in [0.5, 0.6) is 0 Å². The number of para-hydroxylation sites is 1. The molecule has 1 aromatic heterocycles. The van der Waals surface area contributed by atoms with Gasteiger partial charge in [-0.3, -0.25) is 14.2 Å².